The van der Waals surface area contributed by atoms with Crippen LogP contribution in [0, 0.1) is 11.2 Å². The molecular weight excluding hydrogens is 772 g/mol. The Morgan fingerprint density at radius 2 is 1.00 bits per heavy atom. The van der Waals surface area contributed by atoms with Gasteiger partial charge >= 0.3 is 0 Å². The fourth-order valence-electron chi connectivity index (χ4n) is 9.46. The highest BCUT2D eigenvalue weighted by atomic mass is 19.1. The van der Waals surface area contributed by atoms with E-state index >= 15 is 4.39 Å². The van der Waals surface area contributed by atoms with Gasteiger partial charge in [0.15, 0.2) is 11.7 Å². The lowest BCUT2D eigenvalue weighted by atomic mass is 9.64. The summed E-state index contributed by atoms with van der Waals surface area (Å²) in [6.07, 6.45) is 1.79. The van der Waals surface area contributed by atoms with Crippen LogP contribution < -0.4 is 4.90 Å². The minimum Gasteiger partial charge on any atom is -0.310 e. The molecule has 0 radical (unpaired) electrons. The molecule has 298 valence electrons. The van der Waals surface area contributed by atoms with Crippen molar-refractivity contribution < 1.29 is 4.39 Å². The molecule has 1 aliphatic heterocycles. The lowest BCUT2D eigenvalue weighted by molar-refractivity contribution is 0.621. The molecule has 2 aliphatic rings. The highest BCUT2D eigenvalue weighted by molar-refractivity contribution is 6.13. The number of nitrogens with zero attached hydrogens (tertiary/aromatic N) is 3. The molecule has 5 heteroatoms. The summed E-state index contributed by atoms with van der Waals surface area (Å²) in [7, 11) is 0. The predicted octanol–water partition coefficient (Wildman–Crippen LogP) is 14.2. The van der Waals surface area contributed by atoms with Crippen molar-refractivity contribution in [2.45, 2.75) is 5.41 Å². The van der Waals surface area contributed by atoms with Gasteiger partial charge in [-0.3, -0.25) is 5.41 Å². The maximum absolute atomic E-state index is 15.7. The number of halogens is 1. The van der Waals surface area contributed by atoms with Gasteiger partial charge in [0.25, 0.3) is 0 Å². The van der Waals surface area contributed by atoms with Gasteiger partial charge in [0.2, 0.25) is 0 Å². The predicted molar refractivity (Wildman–Crippen MR) is 257 cm³/mol. The quantitative estimate of drug-likeness (QED) is 0.132. The minimum absolute atomic E-state index is 0.0980. The van der Waals surface area contributed by atoms with E-state index in [1.54, 1.807) is 18.3 Å². The van der Waals surface area contributed by atoms with Crippen molar-refractivity contribution in [3.8, 4) is 33.4 Å². The third-order valence-electron chi connectivity index (χ3n) is 12.3. The molecule has 4 nitrogen and oxygen atoms in total. The van der Waals surface area contributed by atoms with Gasteiger partial charge in [-0.15, -0.1) is 0 Å². The van der Waals surface area contributed by atoms with Gasteiger partial charge in [-0.05, 0) is 110 Å². The number of hydrogen-bond acceptors (Lipinski definition) is 2. The lowest BCUT2D eigenvalue weighted by Crippen LogP contribution is -2.36. The van der Waals surface area contributed by atoms with Crippen LogP contribution in [0.3, 0.4) is 0 Å². The van der Waals surface area contributed by atoms with Crippen LogP contribution in [0.4, 0.5) is 21.5 Å². The highest BCUT2D eigenvalue weighted by Crippen LogP contribution is 2.63. The first-order valence-electron chi connectivity index (χ1n) is 21.1. The van der Waals surface area contributed by atoms with E-state index < -0.39 is 5.41 Å². The summed E-state index contributed by atoms with van der Waals surface area (Å²) in [6, 6.07) is 75.7. The minimum atomic E-state index is -0.808. The lowest BCUT2D eigenvalue weighted by Gasteiger charge is -2.45. The molecule has 0 unspecified atom stereocenters. The number of nitrogens with one attached hydrogen (secondary N) is 1. The Labute approximate surface area is 366 Å². The Morgan fingerprint density at radius 1 is 0.460 bits per heavy atom. The van der Waals surface area contributed by atoms with Gasteiger partial charge in [-0.1, -0.05) is 176 Å². The molecule has 11 rings (SSSR count). The fraction of sp³-hybridized carbons (Fsp3) is 0.0172. The van der Waals surface area contributed by atoms with Crippen LogP contribution in [-0.4, -0.2) is 17.9 Å². The van der Waals surface area contributed by atoms with Crippen LogP contribution in [0.25, 0.3) is 33.4 Å². The molecule has 0 aromatic heterocycles. The number of amidine groups is 2. The number of aliphatic imine (C=N–C) groups is 2. The second-order valence-corrected chi connectivity index (χ2v) is 15.9. The summed E-state index contributed by atoms with van der Waals surface area (Å²) >= 11 is 0. The van der Waals surface area contributed by atoms with Crippen molar-refractivity contribution in [1.29, 1.82) is 5.41 Å². The molecule has 1 aliphatic carbocycles. The fourth-order valence-corrected chi connectivity index (χ4v) is 9.46. The number of rotatable bonds is 6. The highest BCUT2D eigenvalue weighted by Gasteiger charge is 2.52. The van der Waals surface area contributed by atoms with Crippen molar-refractivity contribution in [3.05, 3.63) is 269 Å². The first kappa shape index (κ1) is 37.7. The van der Waals surface area contributed by atoms with Gasteiger partial charge in [0.1, 0.15) is 5.82 Å². The first-order chi connectivity index (χ1) is 31.1. The average molecular weight is 811 g/mol. The number of anilines is 3. The monoisotopic (exact) mass is 810 g/mol. The molecule has 0 saturated carbocycles. The largest absolute Gasteiger partial charge is 0.310 e. The maximum Gasteiger partial charge on any atom is 0.161 e. The third-order valence-corrected chi connectivity index (χ3v) is 12.3. The van der Waals surface area contributed by atoms with Crippen LogP contribution >= 0.6 is 0 Å². The molecule has 9 aromatic rings. The Bertz CT molecular complexity index is 3200. The Morgan fingerprint density at radius 3 is 1.70 bits per heavy atom. The molecular formula is C58H39FN4. The normalized spacial score (nSPS) is 13.3. The third kappa shape index (κ3) is 6.50. The van der Waals surface area contributed by atoms with Crippen LogP contribution in [-0.2, 0) is 5.41 Å². The molecule has 63 heavy (non-hydrogen) atoms. The summed E-state index contributed by atoms with van der Waals surface area (Å²) in [5.74, 6) is 0.270. The van der Waals surface area contributed by atoms with Crippen molar-refractivity contribution in [3.63, 3.8) is 0 Å². The molecule has 9 aromatic carbocycles. The van der Waals surface area contributed by atoms with E-state index in [-0.39, 0.29) is 11.7 Å². The summed E-state index contributed by atoms with van der Waals surface area (Å²) < 4.78 is 15.7. The molecule has 0 bridgehead atoms. The summed E-state index contributed by atoms with van der Waals surface area (Å²) in [6.45, 7) is 0. The number of para-hydroxylation sites is 3. The number of fused-ring (bicyclic) bond motifs is 9. The van der Waals surface area contributed by atoms with Gasteiger partial charge in [0, 0.05) is 23.0 Å². The molecule has 1 heterocycles. The second kappa shape index (κ2) is 15.6. The van der Waals surface area contributed by atoms with Gasteiger partial charge in [-0.2, -0.15) is 0 Å². The standard InChI is InChI=1S/C58H39FN4/c59-46-32-34-49-48-33-31-44(36-52(48)58(53(49)37-46)50-23-10-12-25-54(50)63(47-21-8-3-9-22-47)55-26-13-11-24-51(55)58)43-19-14-20-45(35-43)56(60)62-57(61-38-39-15-4-1-5-16-39)42-29-27-41(28-30-42)40-17-6-2-7-18-40/h1-38,60H. The van der Waals surface area contributed by atoms with Crippen LogP contribution in [0.15, 0.2) is 234 Å². The van der Waals surface area contributed by atoms with E-state index in [2.05, 4.69) is 126 Å². The summed E-state index contributed by atoms with van der Waals surface area (Å²) in [5.41, 5.74) is 15.1. The second-order valence-electron chi connectivity index (χ2n) is 15.9. The van der Waals surface area contributed by atoms with Crippen molar-refractivity contribution in [2.24, 2.45) is 9.98 Å². The Balaban J connectivity index is 1.03. The Kier molecular flexibility index (Phi) is 9.36. The van der Waals surface area contributed by atoms with Crippen LogP contribution in [0.1, 0.15) is 38.9 Å². The van der Waals surface area contributed by atoms with E-state index in [1.165, 1.54) is 0 Å². The molecule has 0 atom stereocenters. The molecule has 0 fully saturated rings. The maximum atomic E-state index is 15.7. The molecule has 0 saturated heterocycles. The first-order valence-corrected chi connectivity index (χ1v) is 21.1. The van der Waals surface area contributed by atoms with Gasteiger partial charge in [0.05, 0.1) is 16.8 Å². The van der Waals surface area contributed by atoms with E-state index in [4.69, 9.17) is 9.98 Å². The van der Waals surface area contributed by atoms with Gasteiger partial charge < -0.3 is 4.90 Å². The number of benzene rings is 9. The van der Waals surface area contributed by atoms with E-state index in [0.717, 1.165) is 83.8 Å². The summed E-state index contributed by atoms with van der Waals surface area (Å²) in [4.78, 5) is 12.0. The number of hydrogen-bond donors (Lipinski definition) is 1. The van der Waals surface area contributed by atoms with Crippen LogP contribution in [0.2, 0.25) is 0 Å². The summed E-state index contributed by atoms with van der Waals surface area (Å²) in [5, 5.41) is 9.36. The van der Waals surface area contributed by atoms with E-state index in [1.807, 2.05) is 91.0 Å². The van der Waals surface area contributed by atoms with Gasteiger partial charge in [-0.25, -0.2) is 14.4 Å². The van der Waals surface area contributed by atoms with E-state index in [0.29, 0.717) is 11.4 Å². The molecule has 0 amide bonds. The van der Waals surface area contributed by atoms with Crippen molar-refractivity contribution >= 4 is 34.9 Å². The SMILES string of the molecule is N=C(N=C(N=Cc1ccccc1)c1ccc(-c2ccccc2)cc1)c1cccc(-c2ccc3c(c2)C2(c4cc(F)ccc4-3)c3ccccc3N(c3ccccc3)c3ccccc32)c1. The zero-order valence-electron chi connectivity index (χ0n) is 34.2. The Hall–Kier alpha value is -8.28. The van der Waals surface area contributed by atoms with Crippen molar-refractivity contribution in [2.75, 3.05) is 4.90 Å². The smallest absolute Gasteiger partial charge is 0.161 e. The molecule has 1 spiro atoms. The average Bonchev–Trinajstić information content (AvgIpc) is 3.62. The zero-order valence-corrected chi connectivity index (χ0v) is 34.2. The van der Waals surface area contributed by atoms with Crippen molar-refractivity contribution in [1.82, 2.24) is 0 Å². The molecule has 1 N–H and O–H groups in total. The van der Waals surface area contributed by atoms with E-state index in [9.17, 15) is 5.41 Å². The topological polar surface area (TPSA) is 51.8 Å². The zero-order chi connectivity index (χ0) is 42.3. The van der Waals surface area contributed by atoms with Crippen LogP contribution in [0.5, 0.6) is 0 Å².